The highest BCUT2D eigenvalue weighted by Crippen LogP contribution is 2.46. The Morgan fingerprint density at radius 3 is 2.15 bits per heavy atom. The first kappa shape index (κ1) is 26.9. The van der Waals surface area contributed by atoms with Crippen molar-refractivity contribution in [3.8, 4) is 16.8 Å². The summed E-state index contributed by atoms with van der Waals surface area (Å²) in [6.07, 6.45) is 0.973. The molecule has 1 aliphatic carbocycles. The Labute approximate surface area is 279 Å². The number of fused-ring (bicyclic) bond motifs is 8. The monoisotopic (exact) mass is 615 g/mol. The van der Waals surface area contributed by atoms with Crippen molar-refractivity contribution in [2.45, 2.75) is 22.1 Å². The summed E-state index contributed by atoms with van der Waals surface area (Å²) in [5, 5.41) is 2.61. The molecule has 0 fully saturated rings. The van der Waals surface area contributed by atoms with Gasteiger partial charge in [0.05, 0.1) is 11.0 Å². The second-order valence-corrected chi connectivity index (χ2v) is 13.9. The first-order valence-electron chi connectivity index (χ1n) is 16.5. The van der Waals surface area contributed by atoms with E-state index >= 15 is 0 Å². The van der Waals surface area contributed by atoms with E-state index in [0.717, 1.165) is 6.42 Å². The van der Waals surface area contributed by atoms with Gasteiger partial charge in [0.2, 0.25) is 6.71 Å². The highest BCUT2D eigenvalue weighted by Gasteiger charge is 2.33. The van der Waals surface area contributed by atoms with Gasteiger partial charge in [0.25, 0.3) is 0 Å². The molecule has 8 aromatic rings. The van der Waals surface area contributed by atoms with E-state index in [9.17, 15) is 0 Å². The molecule has 3 heteroatoms. The van der Waals surface area contributed by atoms with Crippen molar-refractivity contribution in [2.24, 2.45) is 0 Å². The van der Waals surface area contributed by atoms with Gasteiger partial charge in [-0.2, -0.15) is 0 Å². The van der Waals surface area contributed by atoms with Crippen molar-refractivity contribution in [3.05, 3.63) is 180 Å². The lowest BCUT2D eigenvalue weighted by atomic mass is 9.36. The van der Waals surface area contributed by atoms with Crippen LogP contribution in [0.2, 0.25) is 0 Å². The normalized spacial score (nSPS) is 14.8. The van der Waals surface area contributed by atoms with Crippen LogP contribution in [0.25, 0.3) is 38.6 Å². The number of hydrogen-bond acceptors (Lipinski definition) is 1. The Morgan fingerprint density at radius 2 is 1.26 bits per heavy atom. The van der Waals surface area contributed by atoms with E-state index in [-0.39, 0.29) is 12.6 Å². The average molecular weight is 616 g/mol. The molecular weight excluding hydrogens is 585 g/mol. The van der Waals surface area contributed by atoms with E-state index in [1.54, 1.807) is 0 Å². The van der Waals surface area contributed by atoms with Crippen LogP contribution in [0.5, 0.6) is 0 Å². The summed E-state index contributed by atoms with van der Waals surface area (Å²) < 4.78 is 2.44. The molecule has 1 atom stereocenters. The highest BCUT2D eigenvalue weighted by atomic mass is 32.2. The lowest BCUT2D eigenvalue weighted by Gasteiger charge is -2.31. The maximum absolute atomic E-state index is 2.50. The van der Waals surface area contributed by atoms with Crippen molar-refractivity contribution in [2.75, 3.05) is 0 Å². The zero-order chi connectivity index (χ0) is 30.9. The van der Waals surface area contributed by atoms with Gasteiger partial charge in [-0.1, -0.05) is 149 Å². The van der Waals surface area contributed by atoms with E-state index in [1.807, 2.05) is 11.8 Å². The Hall–Kier alpha value is -5.25. The van der Waals surface area contributed by atoms with Gasteiger partial charge in [0.1, 0.15) is 0 Å². The van der Waals surface area contributed by atoms with Crippen LogP contribution in [0.1, 0.15) is 22.6 Å². The average Bonchev–Trinajstić information content (AvgIpc) is 3.46. The largest absolute Gasteiger partial charge is 0.309 e. The maximum Gasteiger partial charge on any atom is 0.244 e. The zero-order valence-electron chi connectivity index (χ0n) is 25.8. The SMILES string of the molecule is c1ccc(B2c3ccccc3Sc3cc(C4Cc5cc6c(cc5-c5ccccc54)c4ccccc4n6-c4ccccc4)ccc32)cc1. The zero-order valence-corrected chi connectivity index (χ0v) is 26.6. The van der Waals surface area contributed by atoms with Crippen molar-refractivity contribution in [1.29, 1.82) is 0 Å². The minimum atomic E-state index is 0.241. The third kappa shape index (κ3) is 4.20. The fourth-order valence-electron chi connectivity index (χ4n) is 8.20. The maximum atomic E-state index is 2.50. The summed E-state index contributed by atoms with van der Waals surface area (Å²) in [6, 6.07) is 61.0. The standard InChI is InChI=1S/C44H30BNS/c1-3-13-31(14-4-1)45-39-20-10-12-22-43(39)47-44-27-29(23-24-40(44)45)36-25-30-26-42-38(28-37(30)34-18-8-7-17-33(34)36)35-19-9-11-21-41(35)46(42)32-15-5-2-6-16-32/h1-24,26-28,36H,25H2. The summed E-state index contributed by atoms with van der Waals surface area (Å²) in [4.78, 5) is 2.73. The molecule has 0 radical (unpaired) electrons. The van der Waals surface area contributed by atoms with Crippen LogP contribution in [0.4, 0.5) is 0 Å². The van der Waals surface area contributed by atoms with Gasteiger partial charge >= 0.3 is 0 Å². The first-order chi connectivity index (χ1) is 23.3. The molecule has 47 heavy (non-hydrogen) atoms. The van der Waals surface area contributed by atoms with E-state index < -0.39 is 0 Å². The molecule has 7 aromatic carbocycles. The topological polar surface area (TPSA) is 4.93 Å². The number of hydrogen-bond donors (Lipinski definition) is 0. The van der Waals surface area contributed by atoms with Crippen LogP contribution in [0.15, 0.2) is 174 Å². The number of rotatable bonds is 3. The molecule has 1 nitrogen and oxygen atoms in total. The van der Waals surface area contributed by atoms with E-state index in [4.69, 9.17) is 0 Å². The van der Waals surface area contributed by atoms with Gasteiger partial charge in [0, 0.05) is 32.2 Å². The summed E-state index contributed by atoms with van der Waals surface area (Å²) in [5.41, 5.74) is 14.8. The number of nitrogens with zero attached hydrogens (tertiary/aromatic N) is 1. The lowest BCUT2D eigenvalue weighted by molar-refractivity contribution is 0.792. The Balaban J connectivity index is 1.14. The second kappa shape index (κ2) is 10.7. The van der Waals surface area contributed by atoms with Crippen LogP contribution in [-0.4, -0.2) is 11.3 Å². The molecule has 0 saturated heterocycles. The van der Waals surface area contributed by atoms with Gasteiger partial charge in [-0.25, -0.2) is 0 Å². The van der Waals surface area contributed by atoms with Gasteiger partial charge in [-0.05, 0) is 76.7 Å². The predicted molar refractivity (Wildman–Crippen MR) is 200 cm³/mol. The predicted octanol–water partition coefficient (Wildman–Crippen LogP) is 9.12. The lowest BCUT2D eigenvalue weighted by Crippen LogP contribution is -2.55. The Bertz CT molecular complexity index is 2480. The fourth-order valence-corrected chi connectivity index (χ4v) is 9.39. The molecule has 1 unspecified atom stereocenters. The van der Waals surface area contributed by atoms with Gasteiger partial charge in [-0.3, -0.25) is 0 Å². The summed E-state index contributed by atoms with van der Waals surface area (Å²) in [7, 11) is 0. The van der Waals surface area contributed by atoms with Gasteiger partial charge in [-0.15, -0.1) is 0 Å². The highest BCUT2D eigenvalue weighted by molar-refractivity contribution is 8.00. The summed E-state index contributed by atoms with van der Waals surface area (Å²) in [5.74, 6) is 0.281. The summed E-state index contributed by atoms with van der Waals surface area (Å²) >= 11 is 1.93. The van der Waals surface area contributed by atoms with E-state index in [1.165, 1.54) is 81.5 Å². The minimum Gasteiger partial charge on any atom is -0.309 e. The summed E-state index contributed by atoms with van der Waals surface area (Å²) in [6.45, 7) is 0.241. The molecule has 0 saturated carbocycles. The molecule has 2 aliphatic rings. The van der Waals surface area contributed by atoms with Crippen molar-refractivity contribution in [1.82, 2.24) is 4.57 Å². The molecule has 0 amide bonds. The quantitative estimate of drug-likeness (QED) is 0.180. The van der Waals surface area contributed by atoms with Crippen LogP contribution in [-0.2, 0) is 6.42 Å². The van der Waals surface area contributed by atoms with Crippen molar-refractivity contribution >= 4 is 56.7 Å². The van der Waals surface area contributed by atoms with Gasteiger partial charge in [0.15, 0.2) is 0 Å². The molecule has 1 aliphatic heterocycles. The fraction of sp³-hybridized carbons (Fsp3) is 0.0455. The second-order valence-electron chi connectivity index (χ2n) is 12.8. The van der Waals surface area contributed by atoms with Crippen LogP contribution in [0.3, 0.4) is 0 Å². The number of aromatic nitrogens is 1. The molecule has 10 rings (SSSR count). The molecule has 220 valence electrons. The number of benzene rings is 7. The molecular formula is C44H30BNS. The minimum absolute atomic E-state index is 0.241. The molecule has 0 N–H and O–H groups in total. The van der Waals surface area contributed by atoms with Crippen LogP contribution >= 0.6 is 11.8 Å². The molecule has 0 bridgehead atoms. The Kier molecular flexibility index (Phi) is 6.10. The Morgan fingerprint density at radius 1 is 0.532 bits per heavy atom. The van der Waals surface area contributed by atoms with E-state index in [2.05, 4.69) is 168 Å². The van der Waals surface area contributed by atoms with E-state index in [0.29, 0.717) is 0 Å². The van der Waals surface area contributed by atoms with Crippen molar-refractivity contribution in [3.63, 3.8) is 0 Å². The molecule has 1 aromatic heterocycles. The third-order valence-electron chi connectivity index (χ3n) is 10.3. The third-order valence-corrected chi connectivity index (χ3v) is 11.5. The number of para-hydroxylation sites is 2. The smallest absolute Gasteiger partial charge is 0.244 e. The van der Waals surface area contributed by atoms with Gasteiger partial charge < -0.3 is 4.57 Å². The molecule has 0 spiro atoms. The van der Waals surface area contributed by atoms with Crippen LogP contribution < -0.4 is 16.4 Å². The molecule has 2 heterocycles. The van der Waals surface area contributed by atoms with Crippen LogP contribution in [0, 0.1) is 0 Å². The van der Waals surface area contributed by atoms with Crippen molar-refractivity contribution < 1.29 is 0 Å². The first-order valence-corrected chi connectivity index (χ1v) is 17.3.